The van der Waals surface area contributed by atoms with Gasteiger partial charge in [-0.1, -0.05) is 97.1 Å². The summed E-state index contributed by atoms with van der Waals surface area (Å²) in [6.45, 7) is 0. The van der Waals surface area contributed by atoms with E-state index in [9.17, 15) is 0 Å². The predicted octanol–water partition coefficient (Wildman–Crippen LogP) is 22.8. The number of rotatable bonds is 17. The number of fused-ring (bicyclic) bond motifs is 16. The Labute approximate surface area is 646 Å². The number of nitrogens with one attached hydrogen (secondary N) is 4. The fraction of sp³-hybridized carbons (Fsp3) is 0.0833. The van der Waals surface area contributed by atoms with Gasteiger partial charge in [-0.05, 0) is 227 Å². The Kier molecular flexibility index (Phi) is 18.0. The van der Waals surface area contributed by atoms with Crippen molar-refractivity contribution in [1.29, 1.82) is 0 Å². The number of nitrogens with zero attached hydrogens (tertiary/aromatic N) is 4. The molecule has 8 aromatic carbocycles. The highest BCUT2D eigenvalue weighted by atomic mass is 16.5. The van der Waals surface area contributed by atoms with Gasteiger partial charge >= 0.3 is 0 Å². The van der Waals surface area contributed by atoms with Crippen molar-refractivity contribution >= 4 is 91.2 Å². The minimum Gasteiger partial charge on any atom is -0.497 e. The quantitative estimate of drug-likeness (QED) is 0.0683. The van der Waals surface area contributed by atoms with E-state index in [0.717, 1.165) is 167 Å². The largest absolute Gasteiger partial charge is 0.497 e. The van der Waals surface area contributed by atoms with Crippen molar-refractivity contribution in [2.45, 2.75) is 0 Å². The van der Waals surface area contributed by atoms with Crippen LogP contribution in [0.3, 0.4) is 0 Å². The molecule has 6 aromatic heterocycles. The molecule has 16 nitrogen and oxygen atoms in total. The lowest BCUT2D eigenvalue weighted by Crippen LogP contribution is -2.15. The van der Waals surface area contributed by atoms with Crippen LogP contribution in [-0.4, -0.2) is 98.2 Å². The van der Waals surface area contributed by atoms with E-state index in [4.69, 9.17) is 57.8 Å². The maximum Gasteiger partial charge on any atom is 0.119 e. The van der Waals surface area contributed by atoms with Crippen molar-refractivity contribution in [2.75, 3.05) is 56.9 Å². The number of aromatic nitrogens is 6. The van der Waals surface area contributed by atoms with Crippen molar-refractivity contribution < 1.29 is 37.9 Å². The lowest BCUT2D eigenvalue weighted by molar-refractivity contribution is 0.415. The maximum atomic E-state index is 6.19. The Morgan fingerprint density at radius 2 is 0.393 bits per heavy atom. The Morgan fingerprint density at radius 3 is 0.607 bits per heavy atom. The number of benzene rings is 8. The topological polar surface area (TPSA) is 187 Å². The average Bonchev–Trinajstić information content (AvgIpc) is 1.58. The zero-order valence-corrected chi connectivity index (χ0v) is 62.6. The first-order chi connectivity index (χ1) is 55.1. The molecule has 546 valence electrons. The zero-order valence-electron chi connectivity index (χ0n) is 62.6. The SMILES string of the molecule is COc1cccc(-c2c3cc(c(-c4cccc(OC)c4)c4ccc([nH]4)c(-c4cccc(OC)c4)c4nc(c(-c5cccc(OC)c5)c5ccc2[nH]5)C=C4)C(C2=Nc4cc2c(-c2cccc(OC)c2)c2ccc([nH]2)c(-c2cccc(OC)c2)c2nc(c(-c5cccc(OC)c5)c5ccc([nH]5)c4-c4cccc(OC)c4)C=C2)=N3)c1. The van der Waals surface area contributed by atoms with Crippen LogP contribution in [-0.2, 0) is 0 Å². The van der Waals surface area contributed by atoms with Gasteiger partial charge in [0.05, 0.1) is 102 Å². The van der Waals surface area contributed by atoms with Gasteiger partial charge in [-0.2, -0.15) is 0 Å². The molecule has 0 fully saturated rings. The zero-order chi connectivity index (χ0) is 76.1. The smallest absolute Gasteiger partial charge is 0.119 e. The second-order valence-electron chi connectivity index (χ2n) is 27.2. The number of H-pyrrole nitrogens is 4. The third-order valence-corrected chi connectivity index (χ3v) is 20.9. The fourth-order valence-electron chi connectivity index (χ4n) is 15.7. The number of ether oxygens (including phenoxy) is 8. The summed E-state index contributed by atoms with van der Waals surface area (Å²) < 4.78 is 48.4. The van der Waals surface area contributed by atoms with Crippen LogP contribution in [0.2, 0.25) is 0 Å². The lowest BCUT2D eigenvalue weighted by atomic mass is 9.91. The standard InChI is InChI=1S/C96H74N8O8/c1-105-63-25-9-17-55(45-63)87-71-53-85(93(61-23-15-31-69(51-61)111-7)83-43-41-81(101-83)91(59-21-13-29-67(49-59)109-5)79-39-37-77(99-79)89(75-35-33-73(87)97-75)57-19-11-27-65(47-57)107-3)103-95(71)96-72-54-86(104-96)94(62-24-16-32-70(52-62)112-8)84-44-42-82(102-84)92(60-22-14-30-68(50-60)110-6)80-40-38-78(100-80)90(58-20-12-28-66(48-58)108-4)76-36-34-74(98-76)88(72)56-18-10-26-64(46-56)106-2/h9-54,97-98,101-102H,1-8H3. The monoisotopic (exact) mass is 1470 g/mol. The number of hydrogen-bond donors (Lipinski definition) is 4. The molecule has 112 heavy (non-hydrogen) atoms. The molecule has 18 rings (SSSR count). The molecular formula is C96H74N8O8. The average molecular weight is 1470 g/mol. The second kappa shape index (κ2) is 29.2. The van der Waals surface area contributed by atoms with Crippen LogP contribution in [0.1, 0.15) is 33.9 Å². The third kappa shape index (κ3) is 12.6. The minimum atomic E-state index is 0.553. The number of hydrogen-bond acceptors (Lipinski definition) is 12. The Hall–Kier alpha value is -14.6. The van der Waals surface area contributed by atoms with Gasteiger partial charge in [0.25, 0.3) is 0 Å². The molecule has 0 amide bonds. The molecule has 4 aliphatic heterocycles. The highest BCUT2D eigenvalue weighted by Gasteiger charge is 2.32. The summed E-state index contributed by atoms with van der Waals surface area (Å²) >= 11 is 0. The first kappa shape index (κ1) is 69.1. The summed E-state index contributed by atoms with van der Waals surface area (Å²) in [7, 11) is 13.5. The van der Waals surface area contributed by atoms with Crippen LogP contribution in [0.15, 0.2) is 265 Å². The van der Waals surface area contributed by atoms with Crippen LogP contribution in [0.4, 0.5) is 11.4 Å². The van der Waals surface area contributed by atoms with Gasteiger partial charge in [-0.3, -0.25) is 0 Å². The van der Waals surface area contributed by atoms with Gasteiger partial charge in [0.15, 0.2) is 0 Å². The second-order valence-corrected chi connectivity index (χ2v) is 27.2. The van der Waals surface area contributed by atoms with Crippen molar-refractivity contribution in [2.24, 2.45) is 9.98 Å². The molecular weight excluding hydrogens is 1390 g/mol. The highest BCUT2D eigenvalue weighted by Crippen LogP contribution is 2.49. The summed E-state index contributed by atoms with van der Waals surface area (Å²) in [5, 5.41) is 0. The van der Waals surface area contributed by atoms with E-state index in [1.54, 1.807) is 56.9 Å². The molecule has 0 saturated carbocycles. The predicted molar refractivity (Wildman–Crippen MR) is 453 cm³/mol. The molecule has 0 aliphatic carbocycles. The summed E-state index contributed by atoms with van der Waals surface area (Å²) in [6.07, 6.45) is 8.34. The first-order valence-electron chi connectivity index (χ1n) is 36.6. The van der Waals surface area contributed by atoms with E-state index in [1.165, 1.54) is 0 Å². The van der Waals surface area contributed by atoms with Crippen LogP contribution < -0.4 is 37.9 Å². The summed E-state index contributed by atoms with van der Waals surface area (Å²) in [5.41, 5.74) is 26.3. The summed E-state index contributed by atoms with van der Waals surface area (Å²) in [5.74, 6) is 5.38. The molecule has 10 heterocycles. The molecule has 4 aliphatic rings. The first-order valence-corrected chi connectivity index (χ1v) is 36.6. The van der Waals surface area contributed by atoms with Crippen LogP contribution in [0.5, 0.6) is 46.0 Å². The maximum absolute atomic E-state index is 6.19. The fourth-order valence-corrected chi connectivity index (χ4v) is 15.7. The van der Waals surface area contributed by atoms with Gasteiger partial charge in [-0.15, -0.1) is 0 Å². The number of methoxy groups -OCH3 is 8. The van der Waals surface area contributed by atoms with Crippen LogP contribution >= 0.6 is 0 Å². The van der Waals surface area contributed by atoms with Gasteiger partial charge in [0, 0.05) is 99.8 Å². The summed E-state index contributed by atoms with van der Waals surface area (Å²) in [4.78, 5) is 39.7. The Morgan fingerprint density at radius 1 is 0.205 bits per heavy atom. The van der Waals surface area contributed by atoms with E-state index in [-0.39, 0.29) is 0 Å². The molecule has 0 radical (unpaired) electrons. The molecule has 0 spiro atoms. The molecule has 16 heteroatoms. The Balaban J connectivity index is 1.06. The summed E-state index contributed by atoms with van der Waals surface area (Å²) in [6, 6.07) is 86.4. The molecule has 0 atom stereocenters. The number of aromatic amines is 4. The Bertz CT molecular complexity index is 6270. The normalized spacial score (nSPS) is 12.1. The van der Waals surface area contributed by atoms with Crippen LogP contribution in [0, 0.1) is 0 Å². The van der Waals surface area contributed by atoms with Crippen molar-refractivity contribution in [1.82, 2.24) is 29.9 Å². The van der Waals surface area contributed by atoms with Crippen molar-refractivity contribution in [3.05, 3.63) is 289 Å². The van der Waals surface area contributed by atoms with E-state index < -0.39 is 0 Å². The van der Waals surface area contributed by atoms with Gasteiger partial charge in [0.2, 0.25) is 0 Å². The molecule has 0 unspecified atom stereocenters. The molecule has 16 bridgehead atoms. The van der Waals surface area contributed by atoms with E-state index in [1.807, 2.05) is 121 Å². The minimum absolute atomic E-state index is 0.553. The molecule has 14 aromatic rings. The van der Waals surface area contributed by atoms with Gasteiger partial charge < -0.3 is 57.8 Å². The third-order valence-electron chi connectivity index (χ3n) is 20.9. The number of aliphatic imine (C=N–C) groups is 2. The van der Waals surface area contributed by atoms with Crippen molar-refractivity contribution in [3.63, 3.8) is 0 Å². The molecule has 0 saturated heterocycles. The highest BCUT2D eigenvalue weighted by molar-refractivity contribution is 6.58. The van der Waals surface area contributed by atoms with E-state index in [0.29, 0.717) is 68.8 Å². The van der Waals surface area contributed by atoms with Crippen LogP contribution in [0.25, 0.3) is 157 Å². The van der Waals surface area contributed by atoms with E-state index >= 15 is 0 Å². The van der Waals surface area contributed by atoms with Gasteiger partial charge in [-0.25, -0.2) is 20.0 Å². The molecule has 4 N–H and O–H groups in total. The van der Waals surface area contributed by atoms with Gasteiger partial charge in [0.1, 0.15) is 46.0 Å². The van der Waals surface area contributed by atoms with E-state index in [2.05, 4.69) is 178 Å². The van der Waals surface area contributed by atoms with Crippen molar-refractivity contribution in [3.8, 4) is 135 Å². The lowest BCUT2D eigenvalue weighted by Gasteiger charge is -2.14.